The van der Waals surface area contributed by atoms with Crippen molar-refractivity contribution in [3.8, 4) is 0 Å². The number of aliphatic carboxylic acids is 1. The summed E-state index contributed by atoms with van der Waals surface area (Å²) in [6, 6.07) is 9.30. The van der Waals surface area contributed by atoms with E-state index in [0.717, 1.165) is 5.56 Å². The molecule has 24 heavy (non-hydrogen) atoms. The molecule has 0 aliphatic heterocycles. The van der Waals surface area contributed by atoms with Crippen LogP contribution in [-0.2, 0) is 11.2 Å². The monoisotopic (exact) mass is 343 g/mol. The van der Waals surface area contributed by atoms with Gasteiger partial charge in [-0.2, -0.15) is 13.2 Å². The van der Waals surface area contributed by atoms with E-state index in [4.69, 9.17) is 5.11 Å². The van der Waals surface area contributed by atoms with Crippen molar-refractivity contribution in [2.24, 2.45) is 5.92 Å². The van der Waals surface area contributed by atoms with Crippen LogP contribution in [0, 0.1) is 5.92 Å². The molecule has 1 aromatic carbocycles. The number of halogens is 3. The van der Waals surface area contributed by atoms with Gasteiger partial charge in [0.1, 0.15) is 0 Å². The zero-order valence-electron chi connectivity index (χ0n) is 13.6. The van der Waals surface area contributed by atoms with Crippen LogP contribution in [0.25, 0.3) is 0 Å². The first-order valence-electron chi connectivity index (χ1n) is 8.43. The quantitative estimate of drug-likeness (QED) is 0.781. The van der Waals surface area contributed by atoms with Gasteiger partial charge in [0, 0.05) is 18.5 Å². The molecule has 2 rings (SSSR count). The van der Waals surface area contributed by atoms with Gasteiger partial charge in [-0.15, -0.1) is 0 Å². The molecule has 3 atom stereocenters. The molecule has 3 unspecified atom stereocenters. The number of alkyl halides is 3. The Kier molecular flexibility index (Phi) is 6.66. The summed E-state index contributed by atoms with van der Waals surface area (Å²) >= 11 is 0. The molecule has 0 bridgehead atoms. The smallest absolute Gasteiger partial charge is 0.391 e. The predicted molar refractivity (Wildman–Crippen MR) is 85.7 cm³/mol. The highest BCUT2D eigenvalue weighted by molar-refractivity contribution is 5.66. The molecule has 0 heterocycles. The molecule has 0 radical (unpaired) electrons. The second kappa shape index (κ2) is 8.51. The molecule has 3 nitrogen and oxygen atoms in total. The minimum absolute atomic E-state index is 0.0138. The van der Waals surface area contributed by atoms with Gasteiger partial charge >= 0.3 is 12.1 Å². The number of carboxylic acids is 1. The van der Waals surface area contributed by atoms with Gasteiger partial charge in [0.05, 0.1) is 5.92 Å². The number of hydrogen-bond donors (Lipinski definition) is 2. The van der Waals surface area contributed by atoms with Crippen molar-refractivity contribution in [3.05, 3.63) is 35.9 Å². The fourth-order valence-corrected chi connectivity index (χ4v) is 3.41. The lowest BCUT2D eigenvalue weighted by atomic mass is 9.84. The van der Waals surface area contributed by atoms with Gasteiger partial charge in [-0.05, 0) is 37.7 Å². The van der Waals surface area contributed by atoms with E-state index in [9.17, 15) is 18.0 Å². The van der Waals surface area contributed by atoms with Crippen LogP contribution in [-0.4, -0.2) is 29.3 Å². The lowest BCUT2D eigenvalue weighted by Crippen LogP contribution is -2.44. The number of carbonyl (C=O) groups is 1. The van der Waals surface area contributed by atoms with Crippen LogP contribution in [0.1, 0.15) is 44.1 Å². The minimum Gasteiger partial charge on any atom is -0.481 e. The molecule has 0 aromatic heterocycles. The van der Waals surface area contributed by atoms with Crippen molar-refractivity contribution in [2.45, 2.75) is 63.2 Å². The summed E-state index contributed by atoms with van der Waals surface area (Å²) < 4.78 is 38.8. The molecular formula is C18H24F3NO2. The Morgan fingerprint density at radius 3 is 2.58 bits per heavy atom. The third-order valence-corrected chi connectivity index (χ3v) is 4.64. The van der Waals surface area contributed by atoms with Crippen LogP contribution >= 0.6 is 0 Å². The van der Waals surface area contributed by atoms with E-state index < -0.39 is 18.1 Å². The maximum absolute atomic E-state index is 12.9. The van der Waals surface area contributed by atoms with Gasteiger partial charge in [-0.1, -0.05) is 36.8 Å². The number of nitrogens with one attached hydrogen (secondary N) is 1. The summed E-state index contributed by atoms with van der Waals surface area (Å²) in [5.74, 6) is -2.13. The molecule has 0 spiro atoms. The first kappa shape index (κ1) is 18.8. The zero-order chi connectivity index (χ0) is 17.6. The maximum Gasteiger partial charge on any atom is 0.391 e. The molecule has 0 saturated heterocycles. The summed E-state index contributed by atoms with van der Waals surface area (Å²) in [5, 5.41) is 12.2. The molecule has 0 amide bonds. The van der Waals surface area contributed by atoms with Gasteiger partial charge in [0.2, 0.25) is 0 Å². The highest BCUT2D eigenvalue weighted by Crippen LogP contribution is 2.37. The molecule has 134 valence electrons. The Morgan fingerprint density at radius 2 is 1.96 bits per heavy atom. The third-order valence-electron chi connectivity index (χ3n) is 4.64. The molecule has 1 fully saturated rings. The van der Waals surface area contributed by atoms with Crippen LogP contribution in [0.5, 0.6) is 0 Å². The molecule has 1 aromatic rings. The number of carboxylic acid groups (broad SMARTS) is 1. The van der Waals surface area contributed by atoms with Gasteiger partial charge in [-0.25, -0.2) is 0 Å². The summed E-state index contributed by atoms with van der Waals surface area (Å²) in [4.78, 5) is 10.9. The fraction of sp³-hybridized carbons (Fsp3) is 0.611. The lowest BCUT2D eigenvalue weighted by Gasteiger charge is -2.33. The van der Waals surface area contributed by atoms with Crippen LogP contribution in [0.4, 0.5) is 13.2 Å². The van der Waals surface area contributed by atoms with Crippen LogP contribution in [0.2, 0.25) is 0 Å². The average molecular weight is 343 g/mol. The number of hydrogen-bond acceptors (Lipinski definition) is 2. The second-order valence-corrected chi connectivity index (χ2v) is 6.59. The van der Waals surface area contributed by atoms with Crippen LogP contribution in [0.15, 0.2) is 30.3 Å². The van der Waals surface area contributed by atoms with Crippen LogP contribution in [0.3, 0.4) is 0 Å². The Morgan fingerprint density at radius 1 is 1.25 bits per heavy atom. The van der Waals surface area contributed by atoms with E-state index in [-0.39, 0.29) is 31.3 Å². The molecule has 1 saturated carbocycles. The number of rotatable bonds is 7. The predicted octanol–water partition coefficient (Wildman–Crippen LogP) is 4.17. The van der Waals surface area contributed by atoms with E-state index in [1.165, 1.54) is 0 Å². The Balaban J connectivity index is 1.97. The summed E-state index contributed by atoms with van der Waals surface area (Å²) in [7, 11) is 0. The van der Waals surface area contributed by atoms with E-state index in [1.54, 1.807) is 0 Å². The SMILES string of the molecule is O=C(O)CCC(Cc1ccccc1)NC1CCCC(C(F)(F)F)C1. The molecule has 1 aliphatic carbocycles. The summed E-state index contributed by atoms with van der Waals surface area (Å²) in [5.41, 5.74) is 1.06. The summed E-state index contributed by atoms with van der Waals surface area (Å²) in [6.45, 7) is 0. The Labute approximate surface area is 140 Å². The van der Waals surface area contributed by atoms with Crippen molar-refractivity contribution in [2.75, 3.05) is 0 Å². The van der Waals surface area contributed by atoms with E-state index in [1.807, 2.05) is 30.3 Å². The van der Waals surface area contributed by atoms with Gasteiger partial charge < -0.3 is 10.4 Å². The van der Waals surface area contributed by atoms with E-state index in [2.05, 4.69) is 5.32 Å². The molecular weight excluding hydrogens is 319 g/mol. The molecule has 6 heteroatoms. The highest BCUT2D eigenvalue weighted by Gasteiger charge is 2.42. The highest BCUT2D eigenvalue weighted by atomic mass is 19.4. The Bertz CT molecular complexity index is 519. The standard InChI is InChI=1S/C18H24F3NO2/c19-18(20,21)14-7-4-8-15(12-14)22-16(9-10-17(23)24)11-13-5-2-1-3-6-13/h1-3,5-6,14-16,22H,4,7-12H2,(H,23,24). The maximum atomic E-state index is 12.9. The largest absolute Gasteiger partial charge is 0.481 e. The van der Waals surface area contributed by atoms with Crippen molar-refractivity contribution >= 4 is 5.97 Å². The summed E-state index contributed by atoms with van der Waals surface area (Å²) in [6.07, 6.45) is -1.54. The number of benzene rings is 1. The minimum atomic E-state index is -4.14. The van der Waals surface area contributed by atoms with Gasteiger partial charge in [0.25, 0.3) is 0 Å². The topological polar surface area (TPSA) is 49.3 Å². The molecule has 1 aliphatic rings. The molecule has 2 N–H and O–H groups in total. The van der Waals surface area contributed by atoms with E-state index >= 15 is 0 Å². The van der Waals surface area contributed by atoms with Crippen molar-refractivity contribution in [3.63, 3.8) is 0 Å². The van der Waals surface area contributed by atoms with Crippen molar-refractivity contribution in [1.29, 1.82) is 0 Å². The lowest BCUT2D eigenvalue weighted by molar-refractivity contribution is -0.183. The second-order valence-electron chi connectivity index (χ2n) is 6.59. The van der Waals surface area contributed by atoms with Crippen molar-refractivity contribution < 1.29 is 23.1 Å². The Hall–Kier alpha value is -1.56. The van der Waals surface area contributed by atoms with Gasteiger partial charge in [-0.3, -0.25) is 4.79 Å². The fourth-order valence-electron chi connectivity index (χ4n) is 3.41. The van der Waals surface area contributed by atoms with Crippen LogP contribution < -0.4 is 5.32 Å². The van der Waals surface area contributed by atoms with E-state index in [0.29, 0.717) is 25.7 Å². The third kappa shape index (κ3) is 6.15. The average Bonchev–Trinajstić information content (AvgIpc) is 2.53. The first-order chi connectivity index (χ1) is 11.3. The first-order valence-corrected chi connectivity index (χ1v) is 8.43. The zero-order valence-corrected chi connectivity index (χ0v) is 13.6. The van der Waals surface area contributed by atoms with Gasteiger partial charge in [0.15, 0.2) is 0 Å². The van der Waals surface area contributed by atoms with Crippen molar-refractivity contribution in [1.82, 2.24) is 5.32 Å². The normalized spacial score (nSPS) is 23.0.